The van der Waals surface area contributed by atoms with Crippen molar-refractivity contribution in [1.82, 2.24) is 0 Å². The van der Waals surface area contributed by atoms with Crippen molar-refractivity contribution in [3.05, 3.63) is 34.8 Å². The van der Waals surface area contributed by atoms with Crippen molar-refractivity contribution in [3.63, 3.8) is 0 Å². The van der Waals surface area contributed by atoms with Crippen molar-refractivity contribution in [2.45, 2.75) is 26.7 Å². The predicted octanol–water partition coefficient (Wildman–Crippen LogP) is 2.75. The van der Waals surface area contributed by atoms with Crippen molar-refractivity contribution in [1.29, 1.82) is 0 Å². The summed E-state index contributed by atoms with van der Waals surface area (Å²) in [6.07, 6.45) is 2.79. The van der Waals surface area contributed by atoms with Crippen molar-refractivity contribution in [3.8, 4) is 0 Å². The Morgan fingerprint density at radius 2 is 1.88 bits per heavy atom. The lowest BCUT2D eigenvalue weighted by Crippen LogP contribution is -2.08. The molecule has 0 aliphatic heterocycles. The largest absolute Gasteiger partial charge is 0.478 e. The number of carboxylic acid groups (broad SMARTS) is 2. The average Bonchev–Trinajstić information content (AvgIpc) is 2.59. The number of furan rings is 1. The molecule has 17 heavy (non-hydrogen) atoms. The fraction of sp³-hybridized carbons (Fsp3) is 0.333. The first-order chi connectivity index (χ1) is 7.84. The van der Waals surface area contributed by atoms with Gasteiger partial charge in [0.2, 0.25) is 0 Å². The van der Waals surface area contributed by atoms with E-state index in [-0.39, 0.29) is 22.8 Å². The smallest absolute Gasteiger partial charge is 0.340 e. The molecule has 0 aromatic carbocycles. The molecule has 2 N–H and O–H groups in total. The molecular weight excluding hydrogens is 224 g/mol. The Morgan fingerprint density at radius 3 is 2.29 bits per heavy atom. The fourth-order valence-electron chi connectivity index (χ4n) is 1.66. The van der Waals surface area contributed by atoms with Crippen LogP contribution in [0.5, 0.6) is 0 Å². The first-order valence-corrected chi connectivity index (χ1v) is 5.07. The van der Waals surface area contributed by atoms with E-state index < -0.39 is 11.9 Å². The molecule has 0 spiro atoms. The van der Waals surface area contributed by atoms with E-state index in [1.165, 1.54) is 0 Å². The highest BCUT2D eigenvalue weighted by molar-refractivity contribution is 6.02. The molecule has 0 aliphatic rings. The van der Waals surface area contributed by atoms with Crippen LogP contribution in [-0.4, -0.2) is 22.2 Å². The normalized spacial score (nSPS) is 11.9. The molecule has 0 saturated carbocycles. The molecule has 1 rings (SSSR count). The number of hydrogen-bond acceptors (Lipinski definition) is 3. The highest BCUT2D eigenvalue weighted by Crippen LogP contribution is 2.27. The van der Waals surface area contributed by atoms with Gasteiger partial charge in [-0.2, -0.15) is 0 Å². The molecule has 0 amide bonds. The molecule has 1 aromatic heterocycles. The van der Waals surface area contributed by atoms with Gasteiger partial charge in [0.1, 0.15) is 23.2 Å². The topological polar surface area (TPSA) is 87.7 Å². The molecular formula is C12H14O5. The van der Waals surface area contributed by atoms with Crippen LogP contribution >= 0.6 is 0 Å². The Morgan fingerprint density at radius 1 is 1.29 bits per heavy atom. The third kappa shape index (κ3) is 2.75. The SMILES string of the molecule is CC(C)=CC(C)c1occ(C(=O)O)c1C(=O)O. The molecule has 0 saturated heterocycles. The number of allylic oxidation sites excluding steroid dienone is 2. The van der Waals surface area contributed by atoms with Crippen LogP contribution < -0.4 is 0 Å². The number of carboxylic acids is 2. The second kappa shape index (κ2) is 4.86. The van der Waals surface area contributed by atoms with Gasteiger partial charge in [0, 0.05) is 5.92 Å². The van der Waals surface area contributed by atoms with Crippen LogP contribution in [0.3, 0.4) is 0 Å². The minimum Gasteiger partial charge on any atom is -0.478 e. The third-order valence-corrected chi connectivity index (χ3v) is 2.26. The number of rotatable bonds is 4. The summed E-state index contributed by atoms with van der Waals surface area (Å²) in [6.45, 7) is 5.50. The fourth-order valence-corrected chi connectivity index (χ4v) is 1.66. The van der Waals surface area contributed by atoms with E-state index in [1.54, 1.807) is 6.92 Å². The zero-order valence-electron chi connectivity index (χ0n) is 9.85. The van der Waals surface area contributed by atoms with Crippen LogP contribution in [0.1, 0.15) is 53.2 Å². The van der Waals surface area contributed by atoms with Gasteiger partial charge < -0.3 is 14.6 Å². The van der Waals surface area contributed by atoms with Crippen LogP contribution in [0.25, 0.3) is 0 Å². The van der Waals surface area contributed by atoms with Gasteiger partial charge in [-0.05, 0) is 13.8 Å². The Balaban J connectivity index is 3.31. The lowest BCUT2D eigenvalue weighted by atomic mass is 10.00. The van der Waals surface area contributed by atoms with Crippen LogP contribution in [0.15, 0.2) is 22.3 Å². The van der Waals surface area contributed by atoms with Crippen LogP contribution in [0.4, 0.5) is 0 Å². The van der Waals surface area contributed by atoms with E-state index in [0.717, 1.165) is 11.8 Å². The molecule has 0 fully saturated rings. The molecule has 0 bridgehead atoms. The average molecular weight is 238 g/mol. The lowest BCUT2D eigenvalue weighted by Gasteiger charge is -2.05. The maximum atomic E-state index is 11.1. The van der Waals surface area contributed by atoms with Gasteiger partial charge in [-0.1, -0.05) is 18.6 Å². The second-order valence-electron chi connectivity index (χ2n) is 4.03. The second-order valence-corrected chi connectivity index (χ2v) is 4.03. The zero-order valence-corrected chi connectivity index (χ0v) is 9.85. The summed E-state index contributed by atoms with van der Waals surface area (Å²) in [7, 11) is 0. The minimum atomic E-state index is -1.30. The van der Waals surface area contributed by atoms with Gasteiger partial charge in [-0.25, -0.2) is 9.59 Å². The molecule has 1 atom stereocenters. The van der Waals surface area contributed by atoms with Crippen molar-refractivity contribution in [2.75, 3.05) is 0 Å². The van der Waals surface area contributed by atoms with E-state index in [2.05, 4.69) is 0 Å². The molecule has 1 heterocycles. The first-order valence-electron chi connectivity index (χ1n) is 5.07. The quantitative estimate of drug-likeness (QED) is 0.787. The Kier molecular flexibility index (Phi) is 3.73. The lowest BCUT2D eigenvalue weighted by molar-refractivity contribution is 0.0652. The van der Waals surface area contributed by atoms with E-state index in [1.807, 2.05) is 19.9 Å². The predicted molar refractivity (Wildman–Crippen MR) is 60.5 cm³/mol. The zero-order chi connectivity index (χ0) is 13.2. The molecule has 0 aliphatic carbocycles. The van der Waals surface area contributed by atoms with Gasteiger partial charge >= 0.3 is 11.9 Å². The van der Waals surface area contributed by atoms with Crippen molar-refractivity contribution >= 4 is 11.9 Å². The van der Waals surface area contributed by atoms with Crippen molar-refractivity contribution < 1.29 is 24.2 Å². The number of aromatic carboxylic acids is 2. The molecule has 1 aromatic rings. The maximum Gasteiger partial charge on any atom is 0.340 e. The molecule has 5 nitrogen and oxygen atoms in total. The molecule has 92 valence electrons. The van der Waals surface area contributed by atoms with E-state index in [4.69, 9.17) is 14.6 Å². The Hall–Kier alpha value is -2.04. The van der Waals surface area contributed by atoms with Gasteiger partial charge in [-0.15, -0.1) is 0 Å². The van der Waals surface area contributed by atoms with Crippen LogP contribution in [0, 0.1) is 0 Å². The molecule has 1 unspecified atom stereocenters. The first kappa shape index (κ1) is 13.0. The van der Waals surface area contributed by atoms with Crippen molar-refractivity contribution in [2.24, 2.45) is 0 Å². The molecule has 0 radical (unpaired) electrons. The summed E-state index contributed by atoms with van der Waals surface area (Å²) in [6, 6.07) is 0. The maximum absolute atomic E-state index is 11.1. The van der Waals surface area contributed by atoms with Crippen LogP contribution in [0.2, 0.25) is 0 Å². The summed E-state index contributed by atoms with van der Waals surface area (Å²) in [5.41, 5.74) is 0.408. The number of carbonyl (C=O) groups is 2. The summed E-state index contributed by atoms with van der Waals surface area (Å²) in [5, 5.41) is 17.9. The summed E-state index contributed by atoms with van der Waals surface area (Å²) >= 11 is 0. The Bertz CT molecular complexity index is 477. The van der Waals surface area contributed by atoms with Gasteiger partial charge in [0.15, 0.2) is 0 Å². The summed E-state index contributed by atoms with van der Waals surface area (Å²) in [4.78, 5) is 21.9. The minimum absolute atomic E-state index is 0.163. The molecule has 5 heteroatoms. The number of hydrogen-bond donors (Lipinski definition) is 2. The van der Waals surface area contributed by atoms with Gasteiger partial charge in [0.05, 0.1) is 0 Å². The monoisotopic (exact) mass is 238 g/mol. The standard InChI is InChI=1S/C12H14O5/c1-6(2)4-7(3)10-9(12(15)16)8(5-17-10)11(13)14/h4-5,7H,1-3H3,(H,13,14)(H,15,16). The van der Waals surface area contributed by atoms with Gasteiger partial charge in [0.25, 0.3) is 0 Å². The van der Waals surface area contributed by atoms with E-state index in [9.17, 15) is 9.59 Å². The highest BCUT2D eigenvalue weighted by atomic mass is 16.4. The Labute approximate surface area is 98.4 Å². The van der Waals surface area contributed by atoms with Gasteiger partial charge in [-0.3, -0.25) is 0 Å². The summed E-state index contributed by atoms with van der Waals surface area (Å²) < 4.78 is 5.07. The van der Waals surface area contributed by atoms with Crippen LogP contribution in [-0.2, 0) is 0 Å². The highest BCUT2D eigenvalue weighted by Gasteiger charge is 2.26. The van der Waals surface area contributed by atoms with E-state index >= 15 is 0 Å². The third-order valence-electron chi connectivity index (χ3n) is 2.26. The summed E-state index contributed by atoms with van der Waals surface area (Å²) in [5.74, 6) is -2.71. The van der Waals surface area contributed by atoms with E-state index in [0.29, 0.717) is 0 Å².